The Morgan fingerprint density at radius 3 is 0.794 bits per heavy atom. The fraction of sp³-hybridized carbons (Fsp3) is 0. The van der Waals surface area contributed by atoms with Crippen LogP contribution in [-0.2, 0) is 9.59 Å². The van der Waals surface area contributed by atoms with Gasteiger partial charge in [-0.05, 0) is 37.1 Å². The van der Waals surface area contributed by atoms with Gasteiger partial charge in [0.2, 0.25) is 0 Å². The minimum absolute atomic E-state index is 0.0567. The van der Waals surface area contributed by atoms with Crippen LogP contribution in [0.25, 0.3) is 0 Å². The maximum Gasteiger partial charge on any atom is 0.337 e. The average molecular weight is 484 g/mol. The van der Waals surface area contributed by atoms with Crippen LogP contribution >= 0.6 is 15.8 Å². The van der Waals surface area contributed by atoms with Crippen LogP contribution in [0, 0.1) is 0 Å². The summed E-state index contributed by atoms with van der Waals surface area (Å²) in [5, 5.41) is 24.1. The lowest BCUT2D eigenvalue weighted by atomic mass is 10.4. The van der Waals surface area contributed by atoms with Crippen LogP contribution in [0.1, 0.15) is 0 Å². The molecule has 0 amide bonds. The summed E-state index contributed by atoms with van der Waals surface area (Å²) in [5.41, 5.74) is 0. The SMILES string of the molecule is O=C(O)/C(=C(/C(=O)O)P(c1ccccc1)c1ccccc1)P(c1ccccc1)c1ccccc1. The second-order valence-electron chi connectivity index (χ2n) is 7.32. The highest BCUT2D eigenvalue weighted by Gasteiger charge is 2.35. The summed E-state index contributed by atoms with van der Waals surface area (Å²) in [5.74, 6) is -2.42. The second kappa shape index (κ2) is 11.0. The monoisotopic (exact) mass is 484 g/mol. The molecule has 34 heavy (non-hydrogen) atoms. The van der Waals surface area contributed by atoms with Gasteiger partial charge in [-0.25, -0.2) is 9.59 Å². The first-order chi connectivity index (χ1) is 16.6. The molecule has 0 spiro atoms. The Labute approximate surface area is 200 Å². The minimum Gasteiger partial charge on any atom is -0.478 e. The Hall–Kier alpha value is -3.58. The second-order valence-corrected chi connectivity index (χ2v) is 11.6. The Kier molecular flexibility index (Phi) is 7.65. The average Bonchev–Trinajstić information content (AvgIpc) is 2.88. The third kappa shape index (κ3) is 5.15. The molecule has 4 rings (SSSR count). The number of carboxylic acid groups (broad SMARTS) is 2. The van der Waals surface area contributed by atoms with Crippen LogP contribution in [0.2, 0.25) is 0 Å². The lowest BCUT2D eigenvalue weighted by Gasteiger charge is -2.26. The maximum atomic E-state index is 12.9. The van der Waals surface area contributed by atoms with Crippen molar-refractivity contribution >= 4 is 49.0 Å². The highest BCUT2D eigenvalue weighted by molar-refractivity contribution is 7.82. The molecular formula is C28H22O4P2. The summed E-state index contributed by atoms with van der Waals surface area (Å²) < 4.78 is 0. The van der Waals surface area contributed by atoms with Crippen molar-refractivity contribution in [2.24, 2.45) is 0 Å². The quantitative estimate of drug-likeness (QED) is 0.283. The van der Waals surface area contributed by atoms with Crippen LogP contribution in [-0.4, -0.2) is 22.2 Å². The molecule has 2 N–H and O–H groups in total. The highest BCUT2D eigenvalue weighted by Crippen LogP contribution is 2.53. The van der Waals surface area contributed by atoms with E-state index in [1.165, 1.54) is 0 Å². The molecule has 4 aromatic carbocycles. The zero-order valence-electron chi connectivity index (χ0n) is 18.2. The number of carboxylic acids is 2. The molecule has 0 heterocycles. The number of aliphatic carboxylic acids is 2. The molecule has 4 aromatic rings. The summed E-state index contributed by atoms with van der Waals surface area (Å²) in [6.07, 6.45) is 0. The van der Waals surface area contributed by atoms with E-state index in [9.17, 15) is 19.8 Å². The predicted molar refractivity (Wildman–Crippen MR) is 140 cm³/mol. The zero-order valence-corrected chi connectivity index (χ0v) is 19.9. The van der Waals surface area contributed by atoms with Gasteiger partial charge in [-0.15, -0.1) is 0 Å². The summed E-state index contributed by atoms with van der Waals surface area (Å²) >= 11 is 0. The number of carbonyl (C=O) groups is 2. The summed E-state index contributed by atoms with van der Waals surface area (Å²) in [7, 11) is -3.25. The molecular weight excluding hydrogens is 462 g/mol. The van der Waals surface area contributed by atoms with Gasteiger partial charge in [0, 0.05) is 0 Å². The summed E-state index contributed by atoms with van der Waals surface area (Å²) in [6, 6.07) is 37.2. The normalized spacial score (nSPS) is 11.8. The summed E-state index contributed by atoms with van der Waals surface area (Å²) in [4.78, 5) is 25.8. The number of hydrogen-bond acceptors (Lipinski definition) is 2. The van der Waals surface area contributed by atoms with E-state index in [1.807, 2.05) is 121 Å². The first-order valence-electron chi connectivity index (χ1n) is 10.6. The lowest BCUT2D eigenvalue weighted by molar-refractivity contribution is -0.134. The molecule has 0 bridgehead atoms. The van der Waals surface area contributed by atoms with Crippen molar-refractivity contribution in [3.05, 3.63) is 132 Å². The van der Waals surface area contributed by atoms with E-state index in [1.54, 1.807) is 0 Å². The van der Waals surface area contributed by atoms with Gasteiger partial charge < -0.3 is 10.2 Å². The Morgan fingerprint density at radius 2 is 0.618 bits per heavy atom. The van der Waals surface area contributed by atoms with E-state index in [0.29, 0.717) is 0 Å². The summed E-state index contributed by atoms with van der Waals surface area (Å²) in [6.45, 7) is 0. The van der Waals surface area contributed by atoms with Crippen molar-refractivity contribution in [2.45, 2.75) is 0 Å². The van der Waals surface area contributed by atoms with Gasteiger partial charge in [0.25, 0.3) is 0 Å². The molecule has 4 nitrogen and oxygen atoms in total. The van der Waals surface area contributed by atoms with Crippen molar-refractivity contribution in [2.75, 3.05) is 0 Å². The Bertz CT molecular complexity index is 1110. The maximum absolute atomic E-state index is 12.9. The smallest absolute Gasteiger partial charge is 0.337 e. The molecule has 0 aliphatic carbocycles. The Morgan fingerprint density at radius 1 is 0.412 bits per heavy atom. The van der Waals surface area contributed by atoms with E-state index >= 15 is 0 Å². The first kappa shape index (κ1) is 23.6. The van der Waals surface area contributed by atoms with Crippen molar-refractivity contribution in [1.82, 2.24) is 0 Å². The van der Waals surface area contributed by atoms with E-state index in [0.717, 1.165) is 21.2 Å². The van der Waals surface area contributed by atoms with E-state index in [4.69, 9.17) is 0 Å². The van der Waals surface area contributed by atoms with Crippen LogP contribution in [0.15, 0.2) is 132 Å². The molecule has 0 saturated heterocycles. The van der Waals surface area contributed by atoms with Gasteiger partial charge in [-0.1, -0.05) is 121 Å². The van der Waals surface area contributed by atoms with E-state index in [-0.39, 0.29) is 10.6 Å². The van der Waals surface area contributed by atoms with Crippen LogP contribution in [0.3, 0.4) is 0 Å². The molecule has 0 fully saturated rings. The fourth-order valence-corrected chi connectivity index (χ4v) is 8.84. The van der Waals surface area contributed by atoms with E-state index in [2.05, 4.69) is 0 Å². The predicted octanol–water partition coefficient (Wildman–Crippen LogP) is 4.63. The molecule has 0 aromatic heterocycles. The molecule has 0 saturated carbocycles. The van der Waals surface area contributed by atoms with Crippen LogP contribution in [0.5, 0.6) is 0 Å². The Balaban J connectivity index is 2.08. The van der Waals surface area contributed by atoms with Gasteiger partial charge in [0.1, 0.15) is 0 Å². The number of benzene rings is 4. The standard InChI is InChI=1S/C28H22O4P2/c29-27(30)25(33(21-13-5-1-6-14-21)22-15-7-2-8-16-22)26(28(31)32)34(23-17-9-3-10-18-23)24-19-11-4-12-20-24/h1-20H,(H,29,30)(H,31,32)/b26-25+. The first-order valence-corrected chi connectivity index (χ1v) is 13.3. The van der Waals surface area contributed by atoms with Gasteiger partial charge in [-0.2, -0.15) is 0 Å². The molecule has 6 heteroatoms. The number of rotatable bonds is 8. The van der Waals surface area contributed by atoms with Crippen LogP contribution < -0.4 is 21.2 Å². The molecule has 0 unspecified atom stereocenters. The van der Waals surface area contributed by atoms with E-state index < -0.39 is 27.8 Å². The molecule has 0 aliphatic rings. The van der Waals surface area contributed by atoms with Gasteiger partial charge in [0.15, 0.2) is 0 Å². The fourth-order valence-electron chi connectivity index (χ4n) is 3.73. The molecule has 0 atom stereocenters. The van der Waals surface area contributed by atoms with Gasteiger partial charge in [-0.3, -0.25) is 0 Å². The molecule has 168 valence electrons. The van der Waals surface area contributed by atoms with Gasteiger partial charge >= 0.3 is 11.9 Å². The third-order valence-corrected chi connectivity index (χ3v) is 10.3. The molecule has 0 radical (unpaired) electrons. The minimum atomic E-state index is -1.62. The lowest BCUT2D eigenvalue weighted by Crippen LogP contribution is -2.24. The molecule has 0 aliphatic heterocycles. The zero-order chi connectivity index (χ0) is 23.9. The van der Waals surface area contributed by atoms with Crippen molar-refractivity contribution in [1.29, 1.82) is 0 Å². The van der Waals surface area contributed by atoms with Crippen molar-refractivity contribution in [3.63, 3.8) is 0 Å². The highest BCUT2D eigenvalue weighted by atomic mass is 31.1. The van der Waals surface area contributed by atoms with Crippen molar-refractivity contribution in [3.8, 4) is 0 Å². The van der Waals surface area contributed by atoms with Crippen LogP contribution in [0.4, 0.5) is 0 Å². The topological polar surface area (TPSA) is 74.6 Å². The largest absolute Gasteiger partial charge is 0.478 e. The van der Waals surface area contributed by atoms with Crippen molar-refractivity contribution < 1.29 is 19.8 Å². The number of hydrogen-bond donors (Lipinski definition) is 2. The third-order valence-electron chi connectivity index (χ3n) is 5.13. The van der Waals surface area contributed by atoms with Gasteiger partial charge in [0.05, 0.1) is 10.6 Å².